The van der Waals surface area contributed by atoms with Crippen LogP contribution in [0.15, 0.2) is 30.3 Å². The largest absolute Gasteiger partial charge is 0.344 e. The Morgan fingerprint density at radius 1 is 1.00 bits per heavy atom. The molecule has 0 atom stereocenters. The Labute approximate surface area is 70.9 Å². The van der Waals surface area contributed by atoms with Crippen molar-refractivity contribution in [3.63, 3.8) is 0 Å². The summed E-state index contributed by atoms with van der Waals surface area (Å²) in [6.07, 6.45) is 0. The van der Waals surface area contributed by atoms with Gasteiger partial charge in [-0.3, -0.25) is 0 Å². The highest BCUT2D eigenvalue weighted by Gasteiger charge is 1.77. The van der Waals surface area contributed by atoms with Crippen LogP contribution in [0.1, 0.15) is 0 Å². The van der Waals surface area contributed by atoms with Crippen LogP contribution < -0.4 is 6.15 Å². The lowest BCUT2D eigenvalue weighted by Crippen LogP contribution is -1.63. The molecule has 0 heterocycles. The number of halogens is 2. The molecule has 0 bridgehead atoms. The van der Waals surface area contributed by atoms with Crippen molar-refractivity contribution in [3.8, 4) is 0 Å². The lowest BCUT2D eigenvalue weighted by Gasteiger charge is -1.78. The van der Waals surface area contributed by atoms with Crippen molar-refractivity contribution in [1.29, 1.82) is 0 Å². The number of hydrogen-bond acceptors (Lipinski definition) is 1. The Bertz CT molecular complexity index is 143. The molecule has 1 aromatic rings. The fourth-order valence-corrected chi connectivity index (χ4v) is 0.415. The highest BCUT2D eigenvalue weighted by molar-refractivity contribution is 14.0. The van der Waals surface area contributed by atoms with E-state index in [2.05, 4.69) is 0 Å². The van der Waals surface area contributed by atoms with Crippen molar-refractivity contribution < 1.29 is 4.39 Å². The molecule has 0 saturated carbocycles. The zero-order valence-electron chi connectivity index (χ0n) is 4.88. The highest BCUT2D eigenvalue weighted by atomic mass is 127. The molecular formula is C6H9FIN. The molecule has 0 aromatic heterocycles. The van der Waals surface area contributed by atoms with Gasteiger partial charge in [-0.1, -0.05) is 18.2 Å². The van der Waals surface area contributed by atoms with Gasteiger partial charge in [0.25, 0.3) is 0 Å². The zero-order valence-corrected chi connectivity index (χ0v) is 7.21. The Kier molecular flexibility index (Phi) is 7.70. The summed E-state index contributed by atoms with van der Waals surface area (Å²) in [6, 6.07) is 7.94. The topological polar surface area (TPSA) is 35.0 Å². The van der Waals surface area contributed by atoms with Gasteiger partial charge in [-0.15, -0.1) is 24.0 Å². The summed E-state index contributed by atoms with van der Waals surface area (Å²) in [4.78, 5) is 0. The standard InChI is InChI=1S/C6H5F.HI.H3N/c7-6-4-2-1-3-5-6;;/h1-5H;1H;1H3. The van der Waals surface area contributed by atoms with Gasteiger partial charge in [0, 0.05) is 0 Å². The molecule has 1 aromatic carbocycles. The number of rotatable bonds is 0. The fourth-order valence-electron chi connectivity index (χ4n) is 0.415. The van der Waals surface area contributed by atoms with Crippen LogP contribution in [0.2, 0.25) is 0 Å². The molecule has 9 heavy (non-hydrogen) atoms. The van der Waals surface area contributed by atoms with Gasteiger partial charge in [0.1, 0.15) is 5.82 Å². The van der Waals surface area contributed by atoms with E-state index in [0.29, 0.717) is 0 Å². The summed E-state index contributed by atoms with van der Waals surface area (Å²) >= 11 is 0. The van der Waals surface area contributed by atoms with Crippen molar-refractivity contribution in [2.75, 3.05) is 0 Å². The fraction of sp³-hybridized carbons (Fsp3) is 0. The maximum absolute atomic E-state index is 11.9. The predicted molar refractivity (Wildman–Crippen MR) is 46.8 cm³/mol. The summed E-state index contributed by atoms with van der Waals surface area (Å²) in [7, 11) is 0. The number of hydrogen-bond donors (Lipinski definition) is 1. The Morgan fingerprint density at radius 3 is 1.67 bits per heavy atom. The zero-order chi connectivity index (χ0) is 5.11. The molecule has 52 valence electrons. The predicted octanol–water partition coefficient (Wildman–Crippen LogP) is 2.61. The first-order valence-corrected chi connectivity index (χ1v) is 2.10. The van der Waals surface area contributed by atoms with E-state index in [1.807, 2.05) is 0 Å². The van der Waals surface area contributed by atoms with Crippen molar-refractivity contribution in [1.82, 2.24) is 6.15 Å². The van der Waals surface area contributed by atoms with Gasteiger partial charge < -0.3 is 6.15 Å². The van der Waals surface area contributed by atoms with Crippen LogP contribution >= 0.6 is 24.0 Å². The van der Waals surface area contributed by atoms with E-state index in [0.717, 1.165) is 0 Å². The van der Waals surface area contributed by atoms with Crippen molar-refractivity contribution in [2.45, 2.75) is 0 Å². The molecule has 3 heteroatoms. The second kappa shape index (κ2) is 5.97. The summed E-state index contributed by atoms with van der Waals surface area (Å²) in [6.45, 7) is 0. The molecule has 0 spiro atoms. The summed E-state index contributed by atoms with van der Waals surface area (Å²) in [5.74, 6) is -0.178. The Hall–Kier alpha value is -0.160. The first kappa shape index (κ1) is 11.6. The lowest BCUT2D eigenvalue weighted by molar-refractivity contribution is 0.628. The maximum Gasteiger partial charge on any atom is 0.123 e. The second-order valence-electron chi connectivity index (χ2n) is 1.30. The summed E-state index contributed by atoms with van der Waals surface area (Å²) < 4.78 is 11.9. The molecule has 0 radical (unpaired) electrons. The monoisotopic (exact) mass is 241 g/mol. The Morgan fingerprint density at radius 2 is 1.44 bits per heavy atom. The van der Waals surface area contributed by atoms with Crippen molar-refractivity contribution in [2.24, 2.45) is 0 Å². The average Bonchev–Trinajstić information content (AvgIpc) is 1.69. The van der Waals surface area contributed by atoms with Crippen LogP contribution in [-0.4, -0.2) is 0 Å². The van der Waals surface area contributed by atoms with Gasteiger partial charge in [0.2, 0.25) is 0 Å². The molecule has 1 rings (SSSR count). The first-order chi connectivity index (χ1) is 3.39. The molecular weight excluding hydrogens is 232 g/mol. The van der Waals surface area contributed by atoms with Crippen LogP contribution in [0.4, 0.5) is 4.39 Å². The van der Waals surface area contributed by atoms with Crippen LogP contribution in [-0.2, 0) is 0 Å². The molecule has 3 N–H and O–H groups in total. The van der Waals surface area contributed by atoms with E-state index in [1.54, 1.807) is 18.2 Å². The van der Waals surface area contributed by atoms with E-state index in [1.165, 1.54) is 12.1 Å². The molecule has 0 amide bonds. The minimum absolute atomic E-state index is 0. The van der Waals surface area contributed by atoms with Crippen LogP contribution in [0.5, 0.6) is 0 Å². The minimum Gasteiger partial charge on any atom is -0.344 e. The molecule has 0 saturated heterocycles. The summed E-state index contributed by atoms with van der Waals surface area (Å²) in [5, 5.41) is 0. The van der Waals surface area contributed by atoms with Gasteiger partial charge >= 0.3 is 0 Å². The van der Waals surface area contributed by atoms with E-state index in [-0.39, 0.29) is 35.9 Å². The van der Waals surface area contributed by atoms with Crippen LogP contribution in [0.3, 0.4) is 0 Å². The van der Waals surface area contributed by atoms with Gasteiger partial charge in [-0.05, 0) is 12.1 Å². The molecule has 0 aliphatic rings. The smallest absolute Gasteiger partial charge is 0.123 e. The normalized spacial score (nSPS) is 6.78. The highest BCUT2D eigenvalue weighted by Crippen LogP contribution is 1.91. The van der Waals surface area contributed by atoms with E-state index in [9.17, 15) is 4.39 Å². The molecule has 0 aliphatic carbocycles. The lowest BCUT2D eigenvalue weighted by atomic mass is 10.4. The third kappa shape index (κ3) is 4.35. The van der Waals surface area contributed by atoms with E-state index in [4.69, 9.17) is 0 Å². The quantitative estimate of drug-likeness (QED) is 0.696. The molecule has 0 aliphatic heterocycles. The van der Waals surface area contributed by atoms with Crippen molar-refractivity contribution >= 4 is 24.0 Å². The summed E-state index contributed by atoms with van der Waals surface area (Å²) in [5.41, 5.74) is 0. The van der Waals surface area contributed by atoms with E-state index >= 15 is 0 Å². The average molecular weight is 241 g/mol. The van der Waals surface area contributed by atoms with Crippen LogP contribution in [0.25, 0.3) is 0 Å². The SMILES string of the molecule is Fc1ccccc1.I.N. The third-order valence-electron chi connectivity index (χ3n) is 0.733. The minimum atomic E-state index is -0.178. The Balaban J connectivity index is 0. The van der Waals surface area contributed by atoms with Crippen molar-refractivity contribution in [3.05, 3.63) is 36.1 Å². The molecule has 0 fully saturated rings. The van der Waals surface area contributed by atoms with Crippen LogP contribution in [0, 0.1) is 5.82 Å². The first-order valence-electron chi connectivity index (χ1n) is 2.10. The number of benzene rings is 1. The van der Waals surface area contributed by atoms with Gasteiger partial charge in [-0.2, -0.15) is 0 Å². The third-order valence-corrected chi connectivity index (χ3v) is 0.733. The molecule has 1 nitrogen and oxygen atoms in total. The van der Waals surface area contributed by atoms with Gasteiger partial charge in [0.15, 0.2) is 0 Å². The molecule has 0 unspecified atom stereocenters. The van der Waals surface area contributed by atoms with Gasteiger partial charge in [-0.25, -0.2) is 4.39 Å². The maximum atomic E-state index is 11.9. The van der Waals surface area contributed by atoms with Gasteiger partial charge in [0.05, 0.1) is 0 Å². The van der Waals surface area contributed by atoms with E-state index < -0.39 is 0 Å². The second-order valence-corrected chi connectivity index (χ2v) is 1.30.